The van der Waals surface area contributed by atoms with Crippen molar-refractivity contribution < 1.29 is 9.59 Å². The fourth-order valence-electron chi connectivity index (χ4n) is 3.32. The summed E-state index contributed by atoms with van der Waals surface area (Å²) in [5.74, 6) is -0.190. The Labute approximate surface area is 171 Å². The van der Waals surface area contributed by atoms with E-state index in [1.165, 1.54) is 11.3 Å². The van der Waals surface area contributed by atoms with Gasteiger partial charge in [-0.25, -0.2) is 4.68 Å². The highest BCUT2D eigenvalue weighted by atomic mass is 35.5. The third-order valence-corrected chi connectivity index (χ3v) is 5.85. The van der Waals surface area contributed by atoms with Crippen LogP contribution in [0, 0.1) is 0 Å². The Morgan fingerprint density at radius 3 is 2.82 bits per heavy atom. The van der Waals surface area contributed by atoms with Gasteiger partial charge in [-0.3, -0.25) is 9.59 Å². The molecule has 3 heterocycles. The topological polar surface area (TPSA) is 67.2 Å². The summed E-state index contributed by atoms with van der Waals surface area (Å²) in [4.78, 5) is 27.6. The van der Waals surface area contributed by atoms with Crippen molar-refractivity contribution in [1.82, 2.24) is 20.0 Å². The number of aromatic nitrogens is 2. The number of hydrogen-bond acceptors (Lipinski definition) is 4. The van der Waals surface area contributed by atoms with Crippen LogP contribution in [-0.4, -0.2) is 39.1 Å². The van der Waals surface area contributed by atoms with Gasteiger partial charge in [-0.15, -0.1) is 11.3 Å². The summed E-state index contributed by atoms with van der Waals surface area (Å²) in [5.41, 5.74) is 1.78. The molecule has 1 N–H and O–H groups in total. The number of carbonyl (C=O) groups is 2. The van der Waals surface area contributed by atoms with Crippen molar-refractivity contribution in [2.75, 3.05) is 6.54 Å². The van der Waals surface area contributed by atoms with Gasteiger partial charge < -0.3 is 10.2 Å². The second-order valence-electron chi connectivity index (χ2n) is 6.62. The molecule has 0 bridgehead atoms. The summed E-state index contributed by atoms with van der Waals surface area (Å²) in [7, 11) is 0. The lowest BCUT2D eigenvalue weighted by Crippen LogP contribution is -2.45. The van der Waals surface area contributed by atoms with Crippen molar-refractivity contribution in [2.45, 2.75) is 25.4 Å². The highest BCUT2D eigenvalue weighted by molar-refractivity contribution is 7.12. The maximum atomic E-state index is 12.7. The van der Waals surface area contributed by atoms with Gasteiger partial charge in [-0.1, -0.05) is 17.7 Å². The van der Waals surface area contributed by atoms with Gasteiger partial charge in [0.05, 0.1) is 16.8 Å². The first-order valence-corrected chi connectivity index (χ1v) is 10.3. The van der Waals surface area contributed by atoms with Crippen LogP contribution in [-0.2, 0) is 11.3 Å². The van der Waals surface area contributed by atoms with Crippen molar-refractivity contribution >= 4 is 34.8 Å². The number of hydrogen-bond donors (Lipinski definition) is 1. The fourth-order valence-corrected chi connectivity index (χ4v) is 4.12. The minimum atomic E-state index is -0.416. The average Bonchev–Trinajstić information content (AvgIpc) is 3.47. The smallest absolute Gasteiger partial charge is 0.264 e. The minimum Gasteiger partial charge on any atom is -0.350 e. The lowest BCUT2D eigenvalue weighted by molar-refractivity contribution is -0.125. The minimum absolute atomic E-state index is 0.0665. The molecule has 1 aliphatic rings. The molecule has 6 nitrogen and oxygen atoms in total. The zero-order chi connectivity index (χ0) is 19.5. The molecule has 28 heavy (non-hydrogen) atoms. The van der Waals surface area contributed by atoms with E-state index >= 15 is 0 Å². The Hall–Kier alpha value is -2.64. The Bertz CT molecular complexity index is 969. The van der Waals surface area contributed by atoms with E-state index in [2.05, 4.69) is 10.4 Å². The second kappa shape index (κ2) is 8.16. The van der Waals surface area contributed by atoms with Crippen LogP contribution in [0.15, 0.2) is 54.2 Å². The second-order valence-corrected chi connectivity index (χ2v) is 8.01. The molecule has 0 saturated carbocycles. The molecule has 8 heteroatoms. The summed E-state index contributed by atoms with van der Waals surface area (Å²) < 4.78 is 1.74. The normalized spacial score (nSPS) is 16.3. The third kappa shape index (κ3) is 3.95. The first-order chi connectivity index (χ1) is 13.6. The molecule has 1 saturated heterocycles. The van der Waals surface area contributed by atoms with Crippen LogP contribution in [0.4, 0.5) is 0 Å². The van der Waals surface area contributed by atoms with Gasteiger partial charge in [-0.05, 0) is 48.6 Å². The van der Waals surface area contributed by atoms with E-state index in [-0.39, 0.29) is 11.8 Å². The number of thiophene rings is 1. The van der Waals surface area contributed by atoms with Crippen LogP contribution in [0.2, 0.25) is 5.02 Å². The van der Waals surface area contributed by atoms with E-state index < -0.39 is 6.04 Å². The van der Waals surface area contributed by atoms with Crippen molar-refractivity contribution in [3.8, 4) is 5.69 Å². The molecule has 0 spiro atoms. The molecule has 1 fully saturated rings. The molecule has 2 amide bonds. The van der Waals surface area contributed by atoms with Gasteiger partial charge in [0, 0.05) is 29.9 Å². The summed E-state index contributed by atoms with van der Waals surface area (Å²) >= 11 is 7.31. The molecule has 4 rings (SSSR count). The number of benzene rings is 1. The van der Waals surface area contributed by atoms with Crippen LogP contribution in [0.25, 0.3) is 5.69 Å². The standard InChI is InChI=1S/C20H19ClN4O2S/c21-15-5-7-16(8-6-15)25-13-14(12-23-25)11-22-19(26)17-3-1-9-24(17)20(27)18-4-2-10-28-18/h2,4-8,10,12-13,17H,1,3,9,11H2,(H,22,26)/t17-/m0/s1. The van der Waals surface area contributed by atoms with Crippen molar-refractivity contribution in [3.05, 3.63) is 69.6 Å². The molecular weight excluding hydrogens is 396 g/mol. The highest BCUT2D eigenvalue weighted by Gasteiger charge is 2.34. The summed E-state index contributed by atoms with van der Waals surface area (Å²) in [6.45, 7) is 0.979. The molecular formula is C20H19ClN4O2S. The van der Waals surface area contributed by atoms with Gasteiger partial charge >= 0.3 is 0 Å². The largest absolute Gasteiger partial charge is 0.350 e. The molecule has 0 unspecified atom stereocenters. The summed E-state index contributed by atoms with van der Waals surface area (Å²) in [5, 5.41) is 9.81. The number of rotatable bonds is 5. The number of halogens is 1. The molecule has 1 atom stereocenters. The van der Waals surface area contributed by atoms with Gasteiger partial charge in [-0.2, -0.15) is 5.10 Å². The van der Waals surface area contributed by atoms with E-state index in [1.54, 1.807) is 34.0 Å². The lowest BCUT2D eigenvalue weighted by atomic mass is 10.2. The van der Waals surface area contributed by atoms with Gasteiger partial charge in [0.15, 0.2) is 0 Å². The number of likely N-dealkylation sites (tertiary alicyclic amines) is 1. The first-order valence-electron chi connectivity index (χ1n) is 9.03. The van der Waals surface area contributed by atoms with E-state index in [0.717, 1.165) is 17.7 Å². The van der Waals surface area contributed by atoms with Crippen LogP contribution in [0.1, 0.15) is 28.1 Å². The first kappa shape index (κ1) is 18.7. The lowest BCUT2D eigenvalue weighted by Gasteiger charge is -2.23. The third-order valence-electron chi connectivity index (χ3n) is 4.74. The van der Waals surface area contributed by atoms with E-state index in [4.69, 9.17) is 11.6 Å². The quantitative estimate of drug-likeness (QED) is 0.694. The molecule has 0 aliphatic carbocycles. The van der Waals surface area contributed by atoms with E-state index in [0.29, 0.717) is 29.4 Å². The number of carbonyl (C=O) groups excluding carboxylic acids is 2. The number of nitrogens with one attached hydrogen (secondary N) is 1. The maximum absolute atomic E-state index is 12.7. The Morgan fingerprint density at radius 2 is 2.07 bits per heavy atom. The van der Waals surface area contributed by atoms with Gasteiger partial charge in [0.1, 0.15) is 6.04 Å². The fraction of sp³-hybridized carbons (Fsp3) is 0.250. The van der Waals surface area contributed by atoms with Gasteiger partial charge in [0.2, 0.25) is 5.91 Å². The molecule has 144 valence electrons. The Kier molecular flexibility index (Phi) is 5.45. The number of amides is 2. The summed E-state index contributed by atoms with van der Waals surface area (Å²) in [6, 6.07) is 10.6. The van der Waals surface area contributed by atoms with E-state index in [9.17, 15) is 9.59 Å². The van der Waals surface area contributed by atoms with Crippen LogP contribution >= 0.6 is 22.9 Å². The maximum Gasteiger partial charge on any atom is 0.264 e. The average molecular weight is 415 g/mol. The molecule has 2 aromatic heterocycles. The van der Waals surface area contributed by atoms with Crippen molar-refractivity contribution in [1.29, 1.82) is 0 Å². The molecule has 1 aromatic carbocycles. The SMILES string of the molecule is O=C(NCc1cnn(-c2ccc(Cl)cc2)c1)[C@@H]1CCCN1C(=O)c1cccs1. The zero-order valence-corrected chi connectivity index (χ0v) is 16.6. The monoisotopic (exact) mass is 414 g/mol. The van der Waals surface area contributed by atoms with Crippen molar-refractivity contribution in [2.24, 2.45) is 0 Å². The summed E-state index contributed by atoms with van der Waals surface area (Å²) in [6.07, 6.45) is 5.11. The van der Waals surface area contributed by atoms with Gasteiger partial charge in [0.25, 0.3) is 5.91 Å². The van der Waals surface area contributed by atoms with Crippen molar-refractivity contribution in [3.63, 3.8) is 0 Å². The molecule has 1 aliphatic heterocycles. The van der Waals surface area contributed by atoms with E-state index in [1.807, 2.05) is 29.8 Å². The Balaban J connectivity index is 1.37. The zero-order valence-electron chi connectivity index (χ0n) is 15.0. The number of nitrogens with zero attached hydrogens (tertiary/aromatic N) is 3. The molecule has 3 aromatic rings. The predicted octanol–water partition coefficient (Wildman–Crippen LogP) is 3.51. The van der Waals surface area contributed by atoms with Crippen LogP contribution in [0.3, 0.4) is 0 Å². The highest BCUT2D eigenvalue weighted by Crippen LogP contribution is 2.22. The molecule has 0 radical (unpaired) electrons. The Morgan fingerprint density at radius 1 is 1.25 bits per heavy atom. The van der Waals surface area contributed by atoms with Crippen LogP contribution < -0.4 is 5.32 Å². The van der Waals surface area contributed by atoms with Crippen LogP contribution in [0.5, 0.6) is 0 Å². The predicted molar refractivity (Wildman–Crippen MR) is 109 cm³/mol.